The Hall–Kier alpha value is -3.06. The molecule has 1 heterocycles. The third-order valence-electron chi connectivity index (χ3n) is 4.01. The molecule has 1 aromatic heterocycles. The van der Waals surface area contributed by atoms with Crippen LogP contribution in [0.5, 0.6) is 11.5 Å². The first kappa shape index (κ1) is 20.7. The number of ether oxygens (including phenoxy) is 2. The smallest absolute Gasteiger partial charge is 0.349 e. The molecule has 3 rings (SSSR count). The average Bonchev–Trinajstić information content (AvgIpc) is 2.65. The maximum atomic E-state index is 12.6. The highest BCUT2D eigenvalue weighted by molar-refractivity contribution is 6.32. The number of H-pyrrole nitrogens is 1. The van der Waals surface area contributed by atoms with Gasteiger partial charge in [0.05, 0.1) is 35.9 Å². The molecular formula is C21H22ClN3O4. The quantitative estimate of drug-likeness (QED) is 0.644. The number of benzene rings is 2. The van der Waals surface area contributed by atoms with Gasteiger partial charge in [0.1, 0.15) is 0 Å². The fourth-order valence-electron chi connectivity index (χ4n) is 2.63. The molecule has 7 nitrogen and oxygen atoms in total. The number of methoxy groups -OCH3 is 1. The number of nitrogens with zero attached hydrogens (tertiary/aromatic N) is 2. The Morgan fingerprint density at radius 3 is 2.62 bits per heavy atom. The Bertz CT molecular complexity index is 1190. The van der Waals surface area contributed by atoms with Crippen molar-refractivity contribution in [3.8, 4) is 11.5 Å². The molecule has 3 aromatic rings. The van der Waals surface area contributed by atoms with E-state index in [9.17, 15) is 9.59 Å². The van der Waals surface area contributed by atoms with Crippen molar-refractivity contribution in [2.24, 2.45) is 10.5 Å². The van der Waals surface area contributed by atoms with Gasteiger partial charge in [0.25, 0.3) is 5.56 Å². The van der Waals surface area contributed by atoms with Crippen molar-refractivity contribution < 1.29 is 9.47 Å². The van der Waals surface area contributed by atoms with Crippen molar-refractivity contribution in [3.63, 3.8) is 0 Å². The van der Waals surface area contributed by atoms with Gasteiger partial charge in [-0.15, -0.1) is 4.68 Å². The highest BCUT2D eigenvalue weighted by Crippen LogP contribution is 2.37. The number of rotatable bonds is 5. The zero-order valence-corrected chi connectivity index (χ0v) is 17.4. The average molecular weight is 416 g/mol. The van der Waals surface area contributed by atoms with Crippen LogP contribution in [0.4, 0.5) is 0 Å². The maximum Gasteiger partial charge on any atom is 0.349 e. The lowest BCUT2D eigenvalue weighted by atomic mass is 9.99. The van der Waals surface area contributed by atoms with Gasteiger partial charge in [0.15, 0.2) is 11.5 Å². The van der Waals surface area contributed by atoms with Gasteiger partial charge in [-0.2, -0.15) is 5.10 Å². The molecule has 0 saturated carbocycles. The predicted molar refractivity (Wildman–Crippen MR) is 115 cm³/mol. The Balaban J connectivity index is 1.98. The highest BCUT2D eigenvalue weighted by Gasteiger charge is 2.16. The topological polar surface area (TPSA) is 85.7 Å². The first-order valence-corrected chi connectivity index (χ1v) is 9.36. The summed E-state index contributed by atoms with van der Waals surface area (Å²) >= 11 is 6.36. The van der Waals surface area contributed by atoms with Gasteiger partial charge in [-0.1, -0.05) is 44.5 Å². The minimum Gasteiger partial charge on any atom is -0.493 e. The molecule has 0 aliphatic rings. The summed E-state index contributed by atoms with van der Waals surface area (Å²) in [6, 6.07) is 10.0. The van der Waals surface area contributed by atoms with E-state index < -0.39 is 11.2 Å². The molecule has 0 atom stereocenters. The van der Waals surface area contributed by atoms with E-state index in [-0.39, 0.29) is 5.41 Å². The van der Waals surface area contributed by atoms with Gasteiger partial charge >= 0.3 is 5.69 Å². The van der Waals surface area contributed by atoms with Crippen molar-refractivity contribution in [2.75, 3.05) is 13.7 Å². The minimum absolute atomic E-state index is 0.0489. The molecular weight excluding hydrogens is 394 g/mol. The van der Waals surface area contributed by atoms with Gasteiger partial charge in [-0.3, -0.25) is 4.79 Å². The van der Waals surface area contributed by atoms with Crippen molar-refractivity contribution in [1.82, 2.24) is 9.66 Å². The van der Waals surface area contributed by atoms with Crippen LogP contribution in [0.15, 0.2) is 51.1 Å². The second-order valence-corrected chi connectivity index (χ2v) is 8.13. The summed E-state index contributed by atoms with van der Waals surface area (Å²) in [4.78, 5) is 27.4. The molecule has 0 saturated heterocycles. The molecule has 0 aliphatic carbocycles. The number of hydrogen-bond donors (Lipinski definition) is 1. The van der Waals surface area contributed by atoms with Crippen LogP contribution < -0.4 is 20.7 Å². The van der Waals surface area contributed by atoms with Crippen LogP contribution in [0, 0.1) is 5.41 Å². The number of aromatic nitrogens is 2. The summed E-state index contributed by atoms with van der Waals surface area (Å²) in [5, 5.41) is 4.75. The zero-order chi connectivity index (χ0) is 21.2. The number of para-hydroxylation sites is 1. The summed E-state index contributed by atoms with van der Waals surface area (Å²) in [7, 11) is 1.51. The number of hydrogen-bond acceptors (Lipinski definition) is 5. The van der Waals surface area contributed by atoms with Gasteiger partial charge in [-0.25, -0.2) is 4.79 Å². The Labute approximate surface area is 172 Å². The van der Waals surface area contributed by atoms with Crippen LogP contribution in [-0.2, 0) is 0 Å². The molecule has 152 valence electrons. The standard InChI is InChI=1S/C21H22ClN3O4/c1-21(2,3)12-29-18-15(22)9-13(10-17(18)28-4)11-23-25-19(26)14-7-5-6-8-16(14)24-20(25)27/h5-11H,12H2,1-4H3,(H,24,27). The van der Waals surface area contributed by atoms with Gasteiger partial charge in [-0.05, 0) is 35.2 Å². The molecule has 2 aromatic carbocycles. The SMILES string of the molecule is COc1cc(C=Nn2c(=O)[nH]c3ccccc3c2=O)cc(Cl)c1OCC(C)(C)C. The Morgan fingerprint density at radius 1 is 1.21 bits per heavy atom. The van der Waals surface area contributed by atoms with E-state index in [1.54, 1.807) is 36.4 Å². The molecule has 0 radical (unpaired) electrons. The number of aromatic amines is 1. The molecule has 8 heteroatoms. The van der Waals surface area contributed by atoms with Crippen LogP contribution in [0.25, 0.3) is 10.9 Å². The monoisotopic (exact) mass is 415 g/mol. The summed E-state index contributed by atoms with van der Waals surface area (Å²) in [6.07, 6.45) is 1.37. The summed E-state index contributed by atoms with van der Waals surface area (Å²) in [5.74, 6) is 0.866. The van der Waals surface area contributed by atoms with E-state index in [0.29, 0.717) is 39.6 Å². The molecule has 0 fully saturated rings. The molecule has 0 amide bonds. The summed E-state index contributed by atoms with van der Waals surface area (Å²) < 4.78 is 12.0. The van der Waals surface area contributed by atoms with E-state index in [1.165, 1.54) is 13.3 Å². The first-order chi connectivity index (χ1) is 13.7. The molecule has 0 unspecified atom stereocenters. The van der Waals surface area contributed by atoms with Gasteiger partial charge < -0.3 is 14.5 Å². The molecule has 29 heavy (non-hydrogen) atoms. The number of nitrogens with one attached hydrogen (secondary N) is 1. The second kappa shape index (κ2) is 8.13. The third kappa shape index (κ3) is 4.68. The maximum absolute atomic E-state index is 12.6. The van der Waals surface area contributed by atoms with Crippen LogP contribution in [-0.4, -0.2) is 29.6 Å². The van der Waals surface area contributed by atoms with E-state index in [0.717, 1.165) is 4.68 Å². The lowest BCUT2D eigenvalue weighted by molar-refractivity contribution is 0.191. The fourth-order valence-corrected chi connectivity index (χ4v) is 2.90. The summed E-state index contributed by atoms with van der Waals surface area (Å²) in [6.45, 7) is 6.60. The van der Waals surface area contributed by atoms with Gasteiger partial charge in [0.2, 0.25) is 0 Å². The molecule has 0 bridgehead atoms. The first-order valence-electron chi connectivity index (χ1n) is 8.98. The minimum atomic E-state index is -0.631. The number of fused-ring (bicyclic) bond motifs is 1. The van der Waals surface area contributed by atoms with Crippen molar-refractivity contribution in [1.29, 1.82) is 0 Å². The second-order valence-electron chi connectivity index (χ2n) is 7.72. The predicted octanol–water partition coefficient (Wildman–Crippen LogP) is 3.66. The van der Waals surface area contributed by atoms with E-state index in [1.807, 2.05) is 20.8 Å². The third-order valence-corrected chi connectivity index (χ3v) is 4.29. The molecule has 1 N–H and O–H groups in total. The normalized spacial score (nSPS) is 11.9. The fraction of sp³-hybridized carbons (Fsp3) is 0.286. The van der Waals surface area contributed by atoms with E-state index in [2.05, 4.69) is 10.1 Å². The lowest BCUT2D eigenvalue weighted by Gasteiger charge is -2.21. The molecule has 0 spiro atoms. The zero-order valence-electron chi connectivity index (χ0n) is 16.7. The Kier molecular flexibility index (Phi) is 5.79. The van der Waals surface area contributed by atoms with Crippen molar-refractivity contribution >= 4 is 28.7 Å². The van der Waals surface area contributed by atoms with Crippen molar-refractivity contribution in [2.45, 2.75) is 20.8 Å². The van der Waals surface area contributed by atoms with Crippen LogP contribution in [0.1, 0.15) is 26.3 Å². The van der Waals surface area contributed by atoms with Gasteiger partial charge in [0, 0.05) is 0 Å². The van der Waals surface area contributed by atoms with E-state index >= 15 is 0 Å². The molecule has 0 aliphatic heterocycles. The van der Waals surface area contributed by atoms with E-state index in [4.69, 9.17) is 21.1 Å². The summed E-state index contributed by atoms with van der Waals surface area (Å²) in [5.41, 5.74) is -0.183. The largest absolute Gasteiger partial charge is 0.493 e. The van der Waals surface area contributed by atoms with Crippen molar-refractivity contribution in [3.05, 3.63) is 67.8 Å². The number of halogens is 1. The lowest BCUT2D eigenvalue weighted by Crippen LogP contribution is -2.32. The Morgan fingerprint density at radius 2 is 1.93 bits per heavy atom. The van der Waals surface area contributed by atoms with Crippen LogP contribution in [0.2, 0.25) is 5.02 Å². The van der Waals surface area contributed by atoms with Crippen LogP contribution >= 0.6 is 11.6 Å². The van der Waals surface area contributed by atoms with Crippen LogP contribution in [0.3, 0.4) is 0 Å². The highest BCUT2D eigenvalue weighted by atomic mass is 35.5.